The van der Waals surface area contributed by atoms with Gasteiger partial charge in [0.15, 0.2) is 5.78 Å². The molecule has 0 aromatic heterocycles. The van der Waals surface area contributed by atoms with E-state index in [0.29, 0.717) is 5.56 Å². The van der Waals surface area contributed by atoms with Crippen molar-refractivity contribution in [2.24, 2.45) is 10.9 Å². The molecule has 0 saturated heterocycles. The summed E-state index contributed by atoms with van der Waals surface area (Å²) >= 11 is 0. The van der Waals surface area contributed by atoms with Crippen LogP contribution in [0, 0.1) is 17.2 Å². The topological polar surface area (TPSA) is 53.2 Å². The zero-order chi connectivity index (χ0) is 12.8. The van der Waals surface area contributed by atoms with E-state index in [2.05, 4.69) is 11.1 Å². The van der Waals surface area contributed by atoms with Crippen molar-refractivity contribution < 1.29 is 4.79 Å². The lowest BCUT2D eigenvalue weighted by molar-refractivity contribution is 0.0974. The molecule has 92 valence electrons. The average Bonchev–Trinajstić information content (AvgIpc) is 2.70. The van der Waals surface area contributed by atoms with Crippen LogP contribution in [-0.4, -0.2) is 18.0 Å². The third-order valence-corrected chi connectivity index (χ3v) is 3.19. The normalized spacial score (nSPS) is 17.2. The van der Waals surface area contributed by atoms with Crippen molar-refractivity contribution in [1.82, 2.24) is 0 Å². The van der Waals surface area contributed by atoms with Gasteiger partial charge in [-0.25, -0.2) is 0 Å². The number of Topliss-reactive ketones (excluding diaryl/α,β-unsaturated/α-hetero) is 1. The van der Waals surface area contributed by atoms with Crippen molar-refractivity contribution >= 4 is 11.5 Å². The van der Waals surface area contributed by atoms with Gasteiger partial charge in [-0.1, -0.05) is 36.8 Å². The molecule has 1 atom stereocenters. The molecule has 18 heavy (non-hydrogen) atoms. The first-order chi connectivity index (χ1) is 8.83. The first kappa shape index (κ1) is 12.5. The third-order valence-electron chi connectivity index (χ3n) is 3.19. The number of nitriles is 1. The molecule has 3 heteroatoms. The fraction of sp³-hybridized carbons (Fsp3) is 0.400. The van der Waals surface area contributed by atoms with Gasteiger partial charge in [0.1, 0.15) is 5.92 Å². The zero-order valence-corrected chi connectivity index (χ0v) is 10.3. The van der Waals surface area contributed by atoms with Gasteiger partial charge >= 0.3 is 0 Å². The van der Waals surface area contributed by atoms with Crippen molar-refractivity contribution in [3.63, 3.8) is 0 Å². The number of hydrogen-bond donors (Lipinski definition) is 0. The second kappa shape index (κ2) is 6.11. The van der Waals surface area contributed by atoms with Gasteiger partial charge in [0.2, 0.25) is 0 Å². The van der Waals surface area contributed by atoms with Gasteiger partial charge in [-0.2, -0.15) is 5.26 Å². The van der Waals surface area contributed by atoms with Crippen molar-refractivity contribution in [2.75, 3.05) is 6.54 Å². The summed E-state index contributed by atoms with van der Waals surface area (Å²) in [6, 6.07) is 11.1. The highest BCUT2D eigenvalue weighted by atomic mass is 16.1. The molecule has 1 aliphatic heterocycles. The van der Waals surface area contributed by atoms with Crippen LogP contribution in [0.3, 0.4) is 0 Å². The summed E-state index contributed by atoms with van der Waals surface area (Å²) in [5, 5.41) is 9.25. The third kappa shape index (κ3) is 2.84. The second-order valence-corrected chi connectivity index (χ2v) is 4.48. The van der Waals surface area contributed by atoms with E-state index in [1.807, 2.05) is 18.2 Å². The van der Waals surface area contributed by atoms with Crippen LogP contribution in [-0.2, 0) is 0 Å². The Morgan fingerprint density at radius 2 is 2.00 bits per heavy atom. The van der Waals surface area contributed by atoms with Crippen LogP contribution < -0.4 is 0 Å². The fourth-order valence-corrected chi connectivity index (χ4v) is 2.19. The molecule has 0 amide bonds. The number of rotatable bonds is 3. The fourth-order valence-electron chi connectivity index (χ4n) is 2.19. The van der Waals surface area contributed by atoms with Gasteiger partial charge in [0, 0.05) is 17.8 Å². The van der Waals surface area contributed by atoms with Crippen LogP contribution in [0.25, 0.3) is 0 Å². The summed E-state index contributed by atoms with van der Waals surface area (Å²) in [7, 11) is 0. The maximum atomic E-state index is 12.3. The summed E-state index contributed by atoms with van der Waals surface area (Å²) in [5.74, 6) is -0.829. The minimum absolute atomic E-state index is 0.126. The van der Waals surface area contributed by atoms with E-state index >= 15 is 0 Å². The molecule has 0 bridgehead atoms. The van der Waals surface area contributed by atoms with Gasteiger partial charge in [0.25, 0.3) is 0 Å². The van der Waals surface area contributed by atoms with Crippen molar-refractivity contribution in [2.45, 2.75) is 25.7 Å². The van der Waals surface area contributed by atoms with Crippen LogP contribution in [0.2, 0.25) is 0 Å². The molecular formula is C15H16N2O. The molecular weight excluding hydrogens is 224 g/mol. The summed E-state index contributed by atoms with van der Waals surface area (Å²) in [5.41, 5.74) is 1.36. The van der Waals surface area contributed by atoms with Crippen LogP contribution in [0.1, 0.15) is 36.0 Å². The summed E-state index contributed by atoms with van der Waals surface area (Å²) in [6.45, 7) is 0.746. The number of nitrogens with zero attached hydrogens (tertiary/aromatic N) is 2. The smallest absolute Gasteiger partial charge is 0.185 e. The number of benzene rings is 1. The second-order valence-electron chi connectivity index (χ2n) is 4.48. The molecule has 3 nitrogen and oxygen atoms in total. The largest absolute Gasteiger partial charge is 0.292 e. The first-order valence-corrected chi connectivity index (χ1v) is 6.35. The van der Waals surface area contributed by atoms with Gasteiger partial charge in [-0.05, 0) is 19.3 Å². The minimum Gasteiger partial charge on any atom is -0.292 e. The number of aliphatic imine (C=N–C) groups is 1. The van der Waals surface area contributed by atoms with E-state index in [0.717, 1.165) is 37.9 Å². The SMILES string of the molecule is N#C[C@H](C(=O)c1ccccc1)C1=NCCCCC1. The van der Waals surface area contributed by atoms with Gasteiger partial charge in [0.05, 0.1) is 6.07 Å². The maximum absolute atomic E-state index is 12.3. The first-order valence-electron chi connectivity index (χ1n) is 6.35. The van der Waals surface area contributed by atoms with Crippen LogP contribution in [0.15, 0.2) is 35.3 Å². The average molecular weight is 240 g/mol. The molecule has 0 radical (unpaired) electrons. The van der Waals surface area contributed by atoms with E-state index in [9.17, 15) is 10.1 Å². The predicted molar refractivity (Wildman–Crippen MR) is 70.6 cm³/mol. The number of hydrogen-bond acceptors (Lipinski definition) is 3. The van der Waals surface area contributed by atoms with Crippen molar-refractivity contribution in [1.29, 1.82) is 5.26 Å². The number of carbonyl (C=O) groups is 1. The number of carbonyl (C=O) groups excluding carboxylic acids is 1. The lowest BCUT2D eigenvalue weighted by Gasteiger charge is -2.10. The van der Waals surface area contributed by atoms with E-state index in [1.54, 1.807) is 12.1 Å². The zero-order valence-electron chi connectivity index (χ0n) is 10.3. The van der Waals surface area contributed by atoms with Gasteiger partial charge in [-0.15, -0.1) is 0 Å². The van der Waals surface area contributed by atoms with Gasteiger partial charge < -0.3 is 0 Å². The van der Waals surface area contributed by atoms with Crippen molar-refractivity contribution in [3.05, 3.63) is 35.9 Å². The Kier molecular flexibility index (Phi) is 4.25. The standard InChI is InChI=1S/C15H16N2O/c16-11-13(14-9-5-2-6-10-17-14)15(18)12-7-3-1-4-8-12/h1,3-4,7-8,13H,2,5-6,9-10H2/t13-/m0/s1. The van der Waals surface area contributed by atoms with E-state index in [4.69, 9.17) is 0 Å². The molecule has 2 rings (SSSR count). The Hall–Kier alpha value is -1.95. The summed E-state index contributed by atoms with van der Waals surface area (Å²) < 4.78 is 0. The van der Waals surface area contributed by atoms with Crippen molar-refractivity contribution in [3.8, 4) is 6.07 Å². The summed E-state index contributed by atoms with van der Waals surface area (Å²) in [4.78, 5) is 16.7. The van der Waals surface area contributed by atoms with E-state index < -0.39 is 5.92 Å². The molecule has 0 unspecified atom stereocenters. The lowest BCUT2D eigenvalue weighted by Crippen LogP contribution is -2.23. The predicted octanol–water partition coefficient (Wildman–Crippen LogP) is 3.02. The Labute approximate surface area is 107 Å². The summed E-state index contributed by atoms with van der Waals surface area (Å²) in [6.07, 6.45) is 3.99. The molecule has 0 aliphatic carbocycles. The Morgan fingerprint density at radius 3 is 2.72 bits per heavy atom. The molecule has 1 heterocycles. The Bertz CT molecular complexity index is 485. The molecule has 1 aromatic rings. The van der Waals surface area contributed by atoms with Crippen LogP contribution >= 0.6 is 0 Å². The highest BCUT2D eigenvalue weighted by Crippen LogP contribution is 2.17. The molecule has 0 N–H and O–H groups in total. The highest BCUT2D eigenvalue weighted by molar-refractivity contribution is 6.14. The quantitative estimate of drug-likeness (QED) is 0.762. The molecule has 1 aliphatic rings. The highest BCUT2D eigenvalue weighted by Gasteiger charge is 2.25. The van der Waals surface area contributed by atoms with E-state index in [1.165, 1.54) is 0 Å². The number of ketones is 1. The lowest BCUT2D eigenvalue weighted by atomic mass is 9.92. The van der Waals surface area contributed by atoms with Gasteiger partial charge in [-0.3, -0.25) is 9.79 Å². The monoisotopic (exact) mass is 240 g/mol. The Morgan fingerprint density at radius 1 is 1.22 bits per heavy atom. The van der Waals surface area contributed by atoms with Crippen LogP contribution in [0.4, 0.5) is 0 Å². The molecule has 0 saturated carbocycles. The molecule has 0 fully saturated rings. The van der Waals surface area contributed by atoms with Crippen LogP contribution in [0.5, 0.6) is 0 Å². The minimum atomic E-state index is -0.703. The molecule has 1 aromatic carbocycles. The maximum Gasteiger partial charge on any atom is 0.185 e. The molecule has 0 spiro atoms. The van der Waals surface area contributed by atoms with E-state index in [-0.39, 0.29) is 5.78 Å². The Balaban J connectivity index is 2.21.